The zero-order valence-electron chi connectivity index (χ0n) is 18.4. The summed E-state index contributed by atoms with van der Waals surface area (Å²) in [6.07, 6.45) is 0.763. The maximum absolute atomic E-state index is 13.6. The number of carbonyl (C=O) groups excluding carboxylic acids is 1. The fraction of sp³-hybridized carbons (Fsp3) is 0.375. The predicted octanol–water partition coefficient (Wildman–Crippen LogP) is 4.08. The van der Waals surface area contributed by atoms with Crippen molar-refractivity contribution in [3.05, 3.63) is 66.1 Å². The van der Waals surface area contributed by atoms with Gasteiger partial charge in [-0.2, -0.15) is 4.98 Å². The summed E-state index contributed by atoms with van der Waals surface area (Å²) in [7, 11) is 0. The van der Waals surface area contributed by atoms with E-state index in [-0.39, 0.29) is 24.3 Å². The van der Waals surface area contributed by atoms with Crippen LogP contribution in [-0.4, -0.2) is 58.6 Å². The second-order valence-electron chi connectivity index (χ2n) is 7.94. The van der Waals surface area contributed by atoms with Crippen LogP contribution in [0.1, 0.15) is 31.7 Å². The van der Waals surface area contributed by atoms with Gasteiger partial charge in [-0.25, -0.2) is 8.78 Å². The molecule has 2 heterocycles. The Morgan fingerprint density at radius 3 is 2.61 bits per heavy atom. The molecule has 1 amide bonds. The lowest BCUT2D eigenvalue weighted by Gasteiger charge is -2.36. The molecule has 7 nitrogen and oxygen atoms in total. The Balaban J connectivity index is 1.20. The standard InChI is InChI=1S/C24H26F2N4O3/c1-17(24-27-23(28-33-24)18-6-3-2-4-7-18)29-11-13-30(14-12-29)22(31)8-5-15-32-21-10-9-19(25)16-20(21)26/h2-4,6-7,9-10,16-17H,5,8,11-15H2,1H3. The fourth-order valence-corrected chi connectivity index (χ4v) is 3.78. The van der Waals surface area contributed by atoms with Gasteiger partial charge in [0.05, 0.1) is 12.6 Å². The highest BCUT2D eigenvalue weighted by atomic mass is 19.1. The minimum Gasteiger partial charge on any atom is -0.491 e. The van der Waals surface area contributed by atoms with Gasteiger partial charge >= 0.3 is 0 Å². The molecule has 0 saturated carbocycles. The third-order valence-electron chi connectivity index (χ3n) is 5.73. The largest absolute Gasteiger partial charge is 0.491 e. The van der Waals surface area contributed by atoms with Gasteiger partial charge in [0.15, 0.2) is 11.6 Å². The van der Waals surface area contributed by atoms with E-state index >= 15 is 0 Å². The van der Waals surface area contributed by atoms with Crippen molar-refractivity contribution in [2.75, 3.05) is 32.8 Å². The van der Waals surface area contributed by atoms with E-state index in [1.165, 1.54) is 6.07 Å². The molecule has 1 atom stereocenters. The molecular weight excluding hydrogens is 430 g/mol. The Morgan fingerprint density at radius 1 is 1.12 bits per heavy atom. The summed E-state index contributed by atoms with van der Waals surface area (Å²) in [6, 6.07) is 12.8. The lowest BCUT2D eigenvalue weighted by molar-refractivity contribution is -0.133. The van der Waals surface area contributed by atoms with Gasteiger partial charge in [0, 0.05) is 44.2 Å². The summed E-state index contributed by atoms with van der Waals surface area (Å²) in [5, 5.41) is 4.09. The number of halogens is 2. The average Bonchev–Trinajstić information content (AvgIpc) is 3.33. The Hall–Kier alpha value is -3.33. The fourth-order valence-electron chi connectivity index (χ4n) is 3.78. The second kappa shape index (κ2) is 10.5. The van der Waals surface area contributed by atoms with Crippen LogP contribution >= 0.6 is 0 Å². The third kappa shape index (κ3) is 5.73. The molecule has 0 aliphatic carbocycles. The number of aromatic nitrogens is 2. The van der Waals surface area contributed by atoms with Crippen LogP contribution in [0, 0.1) is 11.6 Å². The highest BCUT2D eigenvalue weighted by Gasteiger charge is 2.27. The van der Waals surface area contributed by atoms with Crippen LogP contribution in [0.5, 0.6) is 5.75 Å². The second-order valence-corrected chi connectivity index (χ2v) is 7.94. The molecule has 0 spiro atoms. The number of nitrogens with zero attached hydrogens (tertiary/aromatic N) is 4. The number of carbonyl (C=O) groups is 1. The molecule has 1 aliphatic rings. The van der Waals surface area contributed by atoms with Crippen molar-refractivity contribution in [1.29, 1.82) is 0 Å². The van der Waals surface area contributed by atoms with Crippen molar-refractivity contribution in [3.8, 4) is 17.1 Å². The SMILES string of the molecule is CC(c1nc(-c2ccccc2)no1)N1CCN(C(=O)CCCOc2ccc(F)cc2F)CC1. The van der Waals surface area contributed by atoms with Crippen molar-refractivity contribution < 1.29 is 22.8 Å². The van der Waals surface area contributed by atoms with E-state index in [9.17, 15) is 13.6 Å². The van der Waals surface area contributed by atoms with Crippen LogP contribution in [-0.2, 0) is 4.79 Å². The van der Waals surface area contributed by atoms with Crippen LogP contribution in [0.3, 0.4) is 0 Å². The number of hydrogen-bond donors (Lipinski definition) is 0. The zero-order valence-corrected chi connectivity index (χ0v) is 18.4. The molecule has 1 fully saturated rings. The summed E-state index contributed by atoms with van der Waals surface area (Å²) < 4.78 is 37.3. The zero-order chi connectivity index (χ0) is 23.2. The van der Waals surface area contributed by atoms with Crippen LogP contribution in [0.4, 0.5) is 8.78 Å². The van der Waals surface area contributed by atoms with Crippen LogP contribution < -0.4 is 4.74 Å². The van der Waals surface area contributed by atoms with Gasteiger partial charge in [-0.3, -0.25) is 9.69 Å². The Morgan fingerprint density at radius 2 is 1.88 bits per heavy atom. The van der Waals surface area contributed by atoms with E-state index in [4.69, 9.17) is 9.26 Å². The monoisotopic (exact) mass is 456 g/mol. The van der Waals surface area contributed by atoms with E-state index in [0.29, 0.717) is 50.7 Å². The lowest BCUT2D eigenvalue weighted by atomic mass is 10.2. The van der Waals surface area contributed by atoms with Gasteiger partial charge in [-0.15, -0.1) is 0 Å². The summed E-state index contributed by atoms with van der Waals surface area (Å²) >= 11 is 0. The quantitative estimate of drug-likeness (QED) is 0.476. The first kappa shape index (κ1) is 22.8. The summed E-state index contributed by atoms with van der Waals surface area (Å²) in [5.74, 6) is -0.256. The Kier molecular flexibility index (Phi) is 7.29. The number of piperazine rings is 1. The third-order valence-corrected chi connectivity index (χ3v) is 5.73. The van der Waals surface area contributed by atoms with Crippen molar-refractivity contribution in [2.24, 2.45) is 0 Å². The highest BCUT2D eigenvalue weighted by Crippen LogP contribution is 2.24. The summed E-state index contributed by atoms with van der Waals surface area (Å²) in [4.78, 5) is 21.1. The lowest BCUT2D eigenvalue weighted by Crippen LogP contribution is -2.49. The summed E-state index contributed by atoms with van der Waals surface area (Å²) in [6.45, 7) is 4.82. The summed E-state index contributed by atoms with van der Waals surface area (Å²) in [5.41, 5.74) is 0.904. The van der Waals surface area contributed by atoms with Crippen LogP contribution in [0.25, 0.3) is 11.4 Å². The first-order valence-corrected chi connectivity index (χ1v) is 11.0. The van der Waals surface area contributed by atoms with Crippen molar-refractivity contribution >= 4 is 5.91 Å². The Bertz CT molecular complexity index is 1070. The molecule has 0 N–H and O–H groups in total. The van der Waals surface area contributed by atoms with Crippen molar-refractivity contribution in [1.82, 2.24) is 19.9 Å². The average molecular weight is 456 g/mol. The molecule has 9 heteroatoms. The smallest absolute Gasteiger partial charge is 0.244 e. The molecule has 2 aromatic carbocycles. The van der Waals surface area contributed by atoms with Gasteiger partial charge in [0.1, 0.15) is 5.82 Å². The number of rotatable bonds is 8. The number of hydrogen-bond acceptors (Lipinski definition) is 6. The maximum atomic E-state index is 13.6. The molecule has 1 aliphatic heterocycles. The Labute approximate surface area is 190 Å². The molecule has 0 bridgehead atoms. The van der Waals surface area contributed by atoms with Crippen LogP contribution in [0.2, 0.25) is 0 Å². The first-order chi connectivity index (χ1) is 16.0. The predicted molar refractivity (Wildman–Crippen MR) is 117 cm³/mol. The van der Waals surface area contributed by atoms with Crippen molar-refractivity contribution in [3.63, 3.8) is 0 Å². The maximum Gasteiger partial charge on any atom is 0.244 e. The van der Waals surface area contributed by atoms with Gasteiger partial charge in [-0.05, 0) is 25.5 Å². The number of amides is 1. The van der Waals surface area contributed by atoms with Gasteiger partial charge in [0.25, 0.3) is 0 Å². The first-order valence-electron chi connectivity index (χ1n) is 11.0. The molecule has 1 saturated heterocycles. The topological polar surface area (TPSA) is 71.7 Å². The molecule has 0 radical (unpaired) electrons. The molecule has 3 aromatic rings. The van der Waals surface area contributed by atoms with E-state index in [0.717, 1.165) is 17.7 Å². The number of benzene rings is 2. The molecule has 1 unspecified atom stereocenters. The van der Waals surface area contributed by atoms with E-state index in [1.54, 1.807) is 0 Å². The molecular formula is C24H26F2N4O3. The normalized spacial score (nSPS) is 15.4. The van der Waals surface area contributed by atoms with E-state index in [1.807, 2.05) is 42.2 Å². The molecule has 174 valence electrons. The molecule has 33 heavy (non-hydrogen) atoms. The van der Waals surface area contributed by atoms with Crippen LogP contribution in [0.15, 0.2) is 53.1 Å². The van der Waals surface area contributed by atoms with E-state index in [2.05, 4.69) is 15.0 Å². The molecule has 4 rings (SSSR count). The van der Waals surface area contributed by atoms with Gasteiger partial charge < -0.3 is 14.2 Å². The number of ether oxygens (including phenoxy) is 1. The minimum atomic E-state index is -0.747. The van der Waals surface area contributed by atoms with E-state index < -0.39 is 11.6 Å². The highest BCUT2D eigenvalue weighted by molar-refractivity contribution is 5.76. The van der Waals surface area contributed by atoms with Gasteiger partial charge in [-0.1, -0.05) is 35.5 Å². The van der Waals surface area contributed by atoms with Gasteiger partial charge in [0.2, 0.25) is 17.6 Å². The van der Waals surface area contributed by atoms with Crippen molar-refractivity contribution in [2.45, 2.75) is 25.8 Å². The minimum absolute atomic E-state index is 0.0112. The molecule has 1 aromatic heterocycles.